The first-order chi connectivity index (χ1) is 12.0. The molecular formula is C18H27N5O2. The zero-order valence-corrected chi connectivity index (χ0v) is 15.0. The standard InChI is InChI=1S/C18H27N5O2/c1-12(2)21-18(25)22-10-13-6-15(7-14(13)11-22)20-9-17(24)23-5-3-4-16(23)8-19/h12,15-16,20H,3-7,9-11H2,1-2H3,(H,21,25). The van der Waals surface area contributed by atoms with E-state index in [4.69, 9.17) is 5.26 Å². The number of hydrogen-bond donors (Lipinski definition) is 2. The average Bonchev–Trinajstić information content (AvgIpc) is 3.25. The second-order valence-electron chi connectivity index (χ2n) is 7.53. The van der Waals surface area contributed by atoms with Crippen LogP contribution in [-0.4, -0.2) is 66.0 Å². The van der Waals surface area contributed by atoms with Gasteiger partial charge in [0, 0.05) is 31.7 Å². The van der Waals surface area contributed by atoms with Crippen LogP contribution in [0.25, 0.3) is 0 Å². The number of amides is 3. The molecule has 1 unspecified atom stereocenters. The smallest absolute Gasteiger partial charge is 0.318 e. The van der Waals surface area contributed by atoms with Crippen LogP contribution in [0.1, 0.15) is 39.5 Å². The third kappa shape index (κ3) is 3.96. The molecule has 0 spiro atoms. The maximum Gasteiger partial charge on any atom is 0.318 e. The van der Waals surface area contributed by atoms with Crippen molar-refractivity contribution >= 4 is 11.9 Å². The molecule has 0 aromatic carbocycles. The van der Waals surface area contributed by atoms with Crippen molar-refractivity contribution in [2.24, 2.45) is 0 Å². The minimum atomic E-state index is -0.256. The maximum atomic E-state index is 12.3. The van der Waals surface area contributed by atoms with Crippen LogP contribution in [0.3, 0.4) is 0 Å². The van der Waals surface area contributed by atoms with Gasteiger partial charge in [-0.3, -0.25) is 4.79 Å². The van der Waals surface area contributed by atoms with E-state index in [1.165, 1.54) is 11.1 Å². The monoisotopic (exact) mass is 345 g/mol. The third-order valence-electron chi connectivity index (χ3n) is 5.21. The van der Waals surface area contributed by atoms with E-state index in [9.17, 15) is 9.59 Å². The number of carbonyl (C=O) groups is 2. The van der Waals surface area contributed by atoms with Crippen molar-refractivity contribution in [2.75, 3.05) is 26.2 Å². The van der Waals surface area contributed by atoms with Gasteiger partial charge in [0.25, 0.3) is 0 Å². The lowest BCUT2D eigenvalue weighted by Crippen LogP contribution is -2.44. The number of carbonyl (C=O) groups excluding carboxylic acids is 2. The number of nitriles is 1. The van der Waals surface area contributed by atoms with Crippen molar-refractivity contribution in [2.45, 2.75) is 57.7 Å². The molecule has 3 aliphatic rings. The Balaban J connectivity index is 1.42. The minimum absolute atomic E-state index is 0.000616. The summed E-state index contributed by atoms with van der Waals surface area (Å²) in [6.45, 7) is 6.30. The van der Waals surface area contributed by atoms with E-state index in [0.717, 1.165) is 25.7 Å². The Morgan fingerprint density at radius 2 is 1.96 bits per heavy atom. The molecule has 1 atom stereocenters. The van der Waals surface area contributed by atoms with E-state index in [0.29, 0.717) is 26.2 Å². The van der Waals surface area contributed by atoms with E-state index < -0.39 is 0 Å². The van der Waals surface area contributed by atoms with Crippen LogP contribution in [-0.2, 0) is 4.79 Å². The molecule has 7 heteroatoms. The lowest BCUT2D eigenvalue weighted by Gasteiger charge is -2.24. The summed E-state index contributed by atoms with van der Waals surface area (Å²) in [4.78, 5) is 27.9. The predicted molar refractivity (Wildman–Crippen MR) is 93.6 cm³/mol. The van der Waals surface area contributed by atoms with Crippen LogP contribution in [0.2, 0.25) is 0 Å². The molecule has 2 aliphatic heterocycles. The second-order valence-corrected chi connectivity index (χ2v) is 7.53. The number of hydrogen-bond acceptors (Lipinski definition) is 4. The van der Waals surface area contributed by atoms with Gasteiger partial charge >= 0.3 is 6.03 Å². The molecule has 0 radical (unpaired) electrons. The lowest BCUT2D eigenvalue weighted by atomic mass is 10.1. The molecule has 1 saturated heterocycles. The highest BCUT2D eigenvalue weighted by atomic mass is 16.2. The fourth-order valence-electron chi connectivity index (χ4n) is 3.98. The Morgan fingerprint density at radius 1 is 1.28 bits per heavy atom. The van der Waals surface area contributed by atoms with Crippen molar-refractivity contribution in [1.29, 1.82) is 5.26 Å². The molecule has 2 heterocycles. The molecule has 7 nitrogen and oxygen atoms in total. The average molecular weight is 345 g/mol. The van der Waals surface area contributed by atoms with Gasteiger partial charge in [0.05, 0.1) is 12.6 Å². The number of urea groups is 1. The normalized spacial score (nSPS) is 23.4. The summed E-state index contributed by atoms with van der Waals surface area (Å²) >= 11 is 0. The summed E-state index contributed by atoms with van der Waals surface area (Å²) in [5.74, 6) is 0.0223. The van der Waals surface area contributed by atoms with E-state index >= 15 is 0 Å². The predicted octanol–water partition coefficient (Wildman–Crippen LogP) is 0.983. The zero-order chi connectivity index (χ0) is 18.0. The van der Waals surface area contributed by atoms with Gasteiger partial charge in [-0.25, -0.2) is 4.79 Å². The van der Waals surface area contributed by atoms with Crippen LogP contribution in [0.15, 0.2) is 11.1 Å². The summed E-state index contributed by atoms with van der Waals surface area (Å²) in [5, 5.41) is 15.4. The van der Waals surface area contributed by atoms with Crippen LogP contribution >= 0.6 is 0 Å². The molecule has 3 amide bonds. The van der Waals surface area contributed by atoms with Gasteiger partial charge in [0.2, 0.25) is 5.91 Å². The topological polar surface area (TPSA) is 88.5 Å². The van der Waals surface area contributed by atoms with Gasteiger partial charge in [-0.2, -0.15) is 5.26 Å². The first-order valence-corrected chi connectivity index (χ1v) is 9.15. The minimum Gasteiger partial charge on any atom is -0.336 e. The van der Waals surface area contributed by atoms with Crippen molar-refractivity contribution in [1.82, 2.24) is 20.4 Å². The zero-order valence-electron chi connectivity index (χ0n) is 15.0. The quantitative estimate of drug-likeness (QED) is 0.744. The molecule has 2 N–H and O–H groups in total. The summed E-state index contributed by atoms with van der Waals surface area (Å²) in [6, 6.07) is 2.37. The Kier molecular flexibility index (Phi) is 5.28. The van der Waals surface area contributed by atoms with Gasteiger partial charge < -0.3 is 20.4 Å². The van der Waals surface area contributed by atoms with E-state index in [1.54, 1.807) is 4.90 Å². The largest absolute Gasteiger partial charge is 0.336 e. The van der Waals surface area contributed by atoms with Gasteiger partial charge in [-0.1, -0.05) is 0 Å². The molecule has 0 aromatic rings. The molecule has 1 aliphatic carbocycles. The fraction of sp³-hybridized carbons (Fsp3) is 0.722. The van der Waals surface area contributed by atoms with Crippen LogP contribution in [0, 0.1) is 11.3 Å². The van der Waals surface area contributed by atoms with E-state index in [-0.39, 0.29) is 30.1 Å². The summed E-state index contributed by atoms with van der Waals surface area (Å²) in [7, 11) is 0. The van der Waals surface area contributed by atoms with Gasteiger partial charge in [0.15, 0.2) is 0 Å². The Morgan fingerprint density at radius 3 is 2.56 bits per heavy atom. The number of rotatable bonds is 4. The molecule has 1 fully saturated rings. The first-order valence-electron chi connectivity index (χ1n) is 9.15. The highest BCUT2D eigenvalue weighted by Crippen LogP contribution is 2.32. The fourth-order valence-corrected chi connectivity index (χ4v) is 3.98. The SMILES string of the molecule is CC(C)NC(=O)N1CC2=C(CC(NCC(=O)N3CCCC3C#N)C2)C1. The molecule has 0 aromatic heterocycles. The second kappa shape index (κ2) is 7.44. The number of likely N-dealkylation sites (tertiary alicyclic amines) is 2. The van der Waals surface area contributed by atoms with Gasteiger partial charge in [-0.15, -0.1) is 0 Å². The van der Waals surface area contributed by atoms with Crippen LogP contribution in [0.5, 0.6) is 0 Å². The highest BCUT2D eigenvalue weighted by molar-refractivity contribution is 5.79. The highest BCUT2D eigenvalue weighted by Gasteiger charge is 2.34. The van der Waals surface area contributed by atoms with Gasteiger partial charge in [0.1, 0.15) is 6.04 Å². The lowest BCUT2D eigenvalue weighted by molar-refractivity contribution is -0.130. The molecule has 0 saturated carbocycles. The van der Waals surface area contributed by atoms with Crippen molar-refractivity contribution in [3.05, 3.63) is 11.1 Å². The Hall–Kier alpha value is -2.07. The van der Waals surface area contributed by atoms with Crippen LogP contribution in [0.4, 0.5) is 4.79 Å². The Labute approximate surface area is 149 Å². The van der Waals surface area contributed by atoms with E-state index in [1.807, 2.05) is 18.7 Å². The van der Waals surface area contributed by atoms with Crippen molar-refractivity contribution < 1.29 is 9.59 Å². The third-order valence-corrected chi connectivity index (χ3v) is 5.21. The summed E-state index contributed by atoms with van der Waals surface area (Å²) in [5.41, 5.74) is 2.67. The molecule has 3 rings (SSSR count). The Bertz CT molecular complexity index is 603. The van der Waals surface area contributed by atoms with E-state index in [2.05, 4.69) is 16.7 Å². The van der Waals surface area contributed by atoms with Crippen molar-refractivity contribution in [3.8, 4) is 6.07 Å². The molecule has 136 valence electrons. The van der Waals surface area contributed by atoms with Gasteiger partial charge in [-0.05, 0) is 50.7 Å². The maximum absolute atomic E-state index is 12.3. The van der Waals surface area contributed by atoms with Crippen LogP contribution < -0.4 is 10.6 Å². The summed E-state index contributed by atoms with van der Waals surface area (Å²) in [6.07, 6.45) is 3.50. The number of nitrogens with one attached hydrogen (secondary N) is 2. The summed E-state index contributed by atoms with van der Waals surface area (Å²) < 4.78 is 0. The molecule has 0 bridgehead atoms. The number of nitrogens with zero attached hydrogens (tertiary/aromatic N) is 3. The molecular weight excluding hydrogens is 318 g/mol. The first kappa shape index (κ1) is 17.7. The van der Waals surface area contributed by atoms with Crippen molar-refractivity contribution in [3.63, 3.8) is 0 Å². The molecule has 25 heavy (non-hydrogen) atoms.